The first-order valence-corrected chi connectivity index (χ1v) is 11.1. The van der Waals surface area contributed by atoms with Gasteiger partial charge in [-0.1, -0.05) is 18.2 Å². The molecule has 2 aromatic rings. The summed E-state index contributed by atoms with van der Waals surface area (Å²) >= 11 is 0. The van der Waals surface area contributed by atoms with Crippen LogP contribution in [0.1, 0.15) is 54.5 Å². The second kappa shape index (κ2) is 8.09. The quantitative estimate of drug-likeness (QED) is 0.728. The van der Waals surface area contributed by atoms with Crippen molar-refractivity contribution in [1.29, 1.82) is 0 Å². The molecule has 0 spiro atoms. The fraction of sp³-hybridized carbons (Fsp3) is 0.400. The van der Waals surface area contributed by atoms with Gasteiger partial charge in [-0.25, -0.2) is 4.39 Å². The van der Waals surface area contributed by atoms with Crippen LogP contribution in [0.25, 0.3) is 11.3 Å². The van der Waals surface area contributed by atoms with Gasteiger partial charge in [-0.3, -0.25) is 4.79 Å². The molecule has 1 amide bonds. The molecule has 5 nitrogen and oxygen atoms in total. The van der Waals surface area contributed by atoms with Gasteiger partial charge < -0.3 is 20.1 Å². The number of piperidine rings is 1. The molecule has 0 saturated carbocycles. The number of hydrogen-bond donors (Lipinski definition) is 2. The van der Waals surface area contributed by atoms with E-state index >= 15 is 0 Å². The zero-order chi connectivity index (χ0) is 21.5. The summed E-state index contributed by atoms with van der Waals surface area (Å²) in [4.78, 5) is 15.1. The third-order valence-electron chi connectivity index (χ3n) is 6.54. The molecule has 3 aliphatic rings. The number of hydrogen-bond acceptors (Lipinski definition) is 4. The molecule has 6 heteroatoms. The number of aliphatic hydroxyl groups is 1. The van der Waals surface area contributed by atoms with Crippen molar-refractivity contribution in [2.45, 2.75) is 44.8 Å². The molecule has 0 bridgehead atoms. The van der Waals surface area contributed by atoms with Crippen molar-refractivity contribution < 1.29 is 19.0 Å². The Balaban J connectivity index is 1.36. The summed E-state index contributed by atoms with van der Waals surface area (Å²) in [6.45, 7) is 4.96. The van der Waals surface area contributed by atoms with Crippen LogP contribution in [0, 0.1) is 5.82 Å². The lowest BCUT2D eigenvalue weighted by Gasteiger charge is -2.29. The molecule has 2 N–H and O–H groups in total. The summed E-state index contributed by atoms with van der Waals surface area (Å²) < 4.78 is 19.9. The number of ether oxygens (including phenoxy) is 1. The first-order chi connectivity index (χ1) is 15.0. The Labute approximate surface area is 181 Å². The Morgan fingerprint density at radius 3 is 2.77 bits per heavy atom. The fourth-order valence-electron chi connectivity index (χ4n) is 4.82. The molecule has 31 heavy (non-hydrogen) atoms. The molecule has 1 fully saturated rings. The number of fused-ring (bicyclic) bond motifs is 2. The zero-order valence-electron chi connectivity index (χ0n) is 17.7. The van der Waals surface area contributed by atoms with Crippen molar-refractivity contribution >= 4 is 22.9 Å². The van der Waals surface area contributed by atoms with Crippen molar-refractivity contribution in [2.24, 2.45) is 0 Å². The second-order valence-corrected chi connectivity index (χ2v) is 8.71. The molecule has 0 aliphatic carbocycles. The van der Waals surface area contributed by atoms with Gasteiger partial charge in [-0.05, 0) is 62.9 Å². The van der Waals surface area contributed by atoms with Gasteiger partial charge in [0, 0.05) is 35.5 Å². The van der Waals surface area contributed by atoms with Crippen LogP contribution in [0.2, 0.25) is 0 Å². The predicted octanol–water partition coefficient (Wildman–Crippen LogP) is 4.13. The van der Waals surface area contributed by atoms with Crippen LogP contribution < -0.4 is 5.32 Å². The summed E-state index contributed by atoms with van der Waals surface area (Å²) in [6.07, 6.45) is 3.47. The number of nitrogens with zero attached hydrogens (tertiary/aromatic N) is 1. The molecule has 3 heterocycles. The van der Waals surface area contributed by atoms with E-state index in [1.165, 1.54) is 17.7 Å². The fourth-order valence-corrected chi connectivity index (χ4v) is 4.82. The molecule has 2 aromatic carbocycles. The minimum Gasteiger partial charge on any atom is -0.484 e. The molecule has 1 unspecified atom stereocenters. The van der Waals surface area contributed by atoms with Crippen molar-refractivity contribution in [2.75, 3.05) is 25.0 Å². The maximum absolute atomic E-state index is 13.8. The van der Waals surface area contributed by atoms with Crippen molar-refractivity contribution in [3.05, 3.63) is 64.5 Å². The van der Waals surface area contributed by atoms with Gasteiger partial charge in [0.1, 0.15) is 17.7 Å². The van der Waals surface area contributed by atoms with E-state index in [4.69, 9.17) is 4.74 Å². The number of benzene rings is 2. The van der Waals surface area contributed by atoms with Gasteiger partial charge in [-0.15, -0.1) is 0 Å². The predicted molar refractivity (Wildman–Crippen MR) is 118 cm³/mol. The van der Waals surface area contributed by atoms with Gasteiger partial charge in [0.25, 0.3) is 5.91 Å². The second-order valence-electron chi connectivity index (χ2n) is 8.71. The highest BCUT2D eigenvalue weighted by Gasteiger charge is 2.35. The molecule has 1 saturated heterocycles. The average molecular weight is 423 g/mol. The highest BCUT2D eigenvalue weighted by molar-refractivity contribution is 6.36. The lowest BCUT2D eigenvalue weighted by molar-refractivity contribution is -0.110. The number of likely N-dealkylation sites (tertiary alicyclic amines) is 1. The largest absolute Gasteiger partial charge is 0.484 e. The Morgan fingerprint density at radius 2 is 1.97 bits per heavy atom. The molecule has 5 rings (SSSR count). The summed E-state index contributed by atoms with van der Waals surface area (Å²) in [7, 11) is 0. The molecule has 162 valence electrons. The standard InChI is InChI=1S/C25H27FN2O3/c1-15-20-13-16(3-2-10-28-11-8-18(29)9-12-28)4-6-19(20)24(31-15)23-21-14-17(26)5-7-22(21)27-25(23)30/h4-7,13-15,18,29H,2-3,8-12H2,1H3,(H,27,30). The lowest BCUT2D eigenvalue weighted by atomic mass is 9.96. The van der Waals surface area contributed by atoms with Gasteiger partial charge in [0.15, 0.2) is 0 Å². The molecule has 0 aromatic heterocycles. The summed E-state index contributed by atoms with van der Waals surface area (Å²) in [5.74, 6) is -0.104. The van der Waals surface area contributed by atoms with E-state index in [1.54, 1.807) is 6.07 Å². The third kappa shape index (κ3) is 3.86. The molecular formula is C25H27FN2O3. The molecular weight excluding hydrogens is 395 g/mol. The first-order valence-electron chi connectivity index (χ1n) is 11.1. The molecule has 1 atom stereocenters. The highest BCUT2D eigenvalue weighted by Crippen LogP contribution is 2.45. The van der Waals surface area contributed by atoms with Crippen molar-refractivity contribution in [3.8, 4) is 0 Å². The topological polar surface area (TPSA) is 61.8 Å². The van der Waals surface area contributed by atoms with Gasteiger partial charge >= 0.3 is 0 Å². The zero-order valence-corrected chi connectivity index (χ0v) is 17.7. The highest BCUT2D eigenvalue weighted by atomic mass is 19.1. The van der Waals surface area contributed by atoms with Crippen LogP contribution >= 0.6 is 0 Å². The van der Waals surface area contributed by atoms with E-state index < -0.39 is 0 Å². The normalized spacial score (nSPS) is 23.5. The van der Waals surface area contributed by atoms with Gasteiger partial charge in [-0.2, -0.15) is 0 Å². The van der Waals surface area contributed by atoms with Crippen LogP contribution in [-0.4, -0.2) is 41.7 Å². The summed E-state index contributed by atoms with van der Waals surface area (Å²) in [6, 6.07) is 10.6. The van der Waals surface area contributed by atoms with Crippen LogP contribution in [0.4, 0.5) is 10.1 Å². The van der Waals surface area contributed by atoms with E-state index in [2.05, 4.69) is 22.3 Å². The Hall–Kier alpha value is -2.70. The number of anilines is 1. The van der Waals surface area contributed by atoms with Crippen LogP contribution in [0.15, 0.2) is 36.4 Å². The number of amides is 1. The smallest absolute Gasteiger partial charge is 0.260 e. The Bertz CT molecular complexity index is 1060. The average Bonchev–Trinajstić information content (AvgIpc) is 3.24. The number of rotatable bonds is 4. The first kappa shape index (κ1) is 20.2. The minimum absolute atomic E-state index is 0.136. The maximum atomic E-state index is 13.8. The third-order valence-corrected chi connectivity index (χ3v) is 6.54. The Kier molecular flexibility index (Phi) is 5.28. The van der Waals surface area contributed by atoms with E-state index in [9.17, 15) is 14.3 Å². The van der Waals surface area contributed by atoms with Crippen LogP contribution in [-0.2, 0) is 16.0 Å². The number of halogens is 1. The number of nitrogens with one attached hydrogen (secondary N) is 1. The maximum Gasteiger partial charge on any atom is 0.260 e. The van der Waals surface area contributed by atoms with E-state index in [1.807, 2.05) is 13.0 Å². The molecule has 0 radical (unpaired) electrons. The number of aryl methyl sites for hydroxylation is 1. The number of aliphatic hydroxyl groups excluding tert-OH is 1. The SMILES string of the molecule is CC1OC(=C2C(=O)Nc3ccc(F)cc32)c2ccc(CCCN3CCC(O)CC3)cc21. The van der Waals surface area contributed by atoms with E-state index in [0.29, 0.717) is 22.6 Å². The summed E-state index contributed by atoms with van der Waals surface area (Å²) in [5.41, 5.74) is 4.79. The number of carbonyl (C=O) groups is 1. The van der Waals surface area contributed by atoms with Gasteiger partial charge in [0.2, 0.25) is 0 Å². The number of carbonyl (C=O) groups excluding carboxylic acids is 1. The van der Waals surface area contributed by atoms with E-state index in [-0.39, 0.29) is 23.9 Å². The Morgan fingerprint density at radius 1 is 1.16 bits per heavy atom. The minimum atomic E-state index is -0.377. The van der Waals surface area contributed by atoms with Crippen molar-refractivity contribution in [3.63, 3.8) is 0 Å². The van der Waals surface area contributed by atoms with E-state index in [0.717, 1.165) is 56.4 Å². The lowest BCUT2D eigenvalue weighted by Crippen LogP contribution is -2.36. The van der Waals surface area contributed by atoms with Crippen LogP contribution in [0.3, 0.4) is 0 Å². The van der Waals surface area contributed by atoms with Crippen molar-refractivity contribution in [1.82, 2.24) is 4.90 Å². The molecule has 3 aliphatic heterocycles. The monoisotopic (exact) mass is 422 g/mol. The van der Waals surface area contributed by atoms with Gasteiger partial charge in [0.05, 0.1) is 11.7 Å². The van der Waals surface area contributed by atoms with Crippen LogP contribution in [0.5, 0.6) is 0 Å². The summed E-state index contributed by atoms with van der Waals surface area (Å²) in [5, 5.41) is 12.4.